The minimum atomic E-state index is 0.637. The second kappa shape index (κ2) is 5.41. The smallest absolute Gasteiger partial charge is 0.131 e. The molecule has 0 aromatic heterocycles. The molecule has 0 bridgehead atoms. The van der Waals surface area contributed by atoms with Gasteiger partial charge < -0.3 is 10.1 Å². The third kappa shape index (κ3) is 2.57. The molecule has 0 radical (unpaired) electrons. The van der Waals surface area contributed by atoms with Gasteiger partial charge in [-0.05, 0) is 12.1 Å². The summed E-state index contributed by atoms with van der Waals surface area (Å²) >= 11 is 12.2. The van der Waals surface area contributed by atoms with Gasteiger partial charge in [0.2, 0.25) is 0 Å². The molecular weight excluding hydrogens is 281 g/mol. The van der Waals surface area contributed by atoms with Crippen molar-refractivity contribution >= 4 is 23.2 Å². The quantitative estimate of drug-likeness (QED) is 0.853. The van der Waals surface area contributed by atoms with Crippen LogP contribution in [0.4, 0.5) is 0 Å². The van der Waals surface area contributed by atoms with Gasteiger partial charge >= 0.3 is 0 Å². The van der Waals surface area contributed by atoms with E-state index in [4.69, 9.17) is 27.9 Å². The van der Waals surface area contributed by atoms with Gasteiger partial charge in [-0.15, -0.1) is 0 Å². The largest absolute Gasteiger partial charge is 0.491 e. The molecule has 2 aromatic carbocycles. The van der Waals surface area contributed by atoms with Crippen molar-refractivity contribution in [2.75, 3.05) is 13.2 Å². The lowest BCUT2D eigenvalue weighted by Crippen LogP contribution is -2.16. The fourth-order valence-corrected chi connectivity index (χ4v) is 2.77. The summed E-state index contributed by atoms with van der Waals surface area (Å²) in [7, 11) is 0. The summed E-state index contributed by atoms with van der Waals surface area (Å²) in [6.45, 7) is 2.33. The van der Waals surface area contributed by atoms with E-state index in [1.165, 1.54) is 0 Å². The van der Waals surface area contributed by atoms with E-state index in [1.54, 1.807) is 6.07 Å². The molecule has 98 valence electrons. The number of ether oxygens (including phenoxy) is 1. The average Bonchev–Trinajstić information content (AvgIpc) is 2.64. The molecule has 1 N–H and O–H groups in total. The molecule has 4 heteroatoms. The van der Waals surface area contributed by atoms with E-state index < -0.39 is 0 Å². The van der Waals surface area contributed by atoms with Gasteiger partial charge in [-0.1, -0.05) is 47.5 Å². The Labute approximate surface area is 122 Å². The molecule has 2 nitrogen and oxygen atoms in total. The Morgan fingerprint density at radius 3 is 2.79 bits per heavy atom. The number of halogens is 2. The van der Waals surface area contributed by atoms with E-state index in [2.05, 4.69) is 11.4 Å². The monoisotopic (exact) mass is 293 g/mol. The van der Waals surface area contributed by atoms with Gasteiger partial charge in [0, 0.05) is 34.8 Å². The summed E-state index contributed by atoms with van der Waals surface area (Å²) in [5.41, 5.74) is 3.12. The Kier molecular flexibility index (Phi) is 3.65. The Balaban J connectivity index is 2.14. The standard InChI is InChI=1S/C15H13Cl2NO/c16-11-4-5-12(14(17)8-11)13-3-1-2-10-9-18-6-7-19-15(10)13/h1-5,8,18H,6-7,9H2. The first kappa shape index (κ1) is 12.8. The highest BCUT2D eigenvalue weighted by molar-refractivity contribution is 6.36. The van der Waals surface area contributed by atoms with E-state index in [0.717, 1.165) is 35.5 Å². The van der Waals surface area contributed by atoms with E-state index >= 15 is 0 Å². The lowest BCUT2D eigenvalue weighted by atomic mass is 10.0. The molecule has 1 heterocycles. The third-order valence-corrected chi connectivity index (χ3v) is 3.71. The van der Waals surface area contributed by atoms with E-state index in [9.17, 15) is 0 Å². The highest BCUT2D eigenvalue weighted by atomic mass is 35.5. The van der Waals surface area contributed by atoms with Crippen LogP contribution in [0.5, 0.6) is 5.75 Å². The predicted octanol–water partition coefficient (Wildman–Crippen LogP) is 4.14. The molecule has 0 saturated heterocycles. The first-order valence-corrected chi connectivity index (χ1v) is 6.92. The van der Waals surface area contributed by atoms with E-state index in [1.807, 2.05) is 24.3 Å². The maximum absolute atomic E-state index is 6.29. The van der Waals surface area contributed by atoms with Crippen LogP contribution >= 0.6 is 23.2 Å². The van der Waals surface area contributed by atoms with Gasteiger partial charge in [0.25, 0.3) is 0 Å². The first-order valence-electron chi connectivity index (χ1n) is 6.16. The van der Waals surface area contributed by atoms with Crippen LogP contribution in [0.3, 0.4) is 0 Å². The summed E-state index contributed by atoms with van der Waals surface area (Å²) in [6.07, 6.45) is 0. The highest BCUT2D eigenvalue weighted by Crippen LogP contribution is 2.38. The van der Waals surface area contributed by atoms with Crippen molar-refractivity contribution in [3.8, 4) is 16.9 Å². The van der Waals surface area contributed by atoms with Crippen molar-refractivity contribution in [3.63, 3.8) is 0 Å². The molecule has 0 saturated carbocycles. The summed E-state index contributed by atoms with van der Waals surface area (Å²) in [5, 5.41) is 4.60. The van der Waals surface area contributed by atoms with Gasteiger partial charge in [0.05, 0.1) is 5.02 Å². The fourth-order valence-electron chi connectivity index (χ4n) is 2.26. The van der Waals surface area contributed by atoms with Gasteiger partial charge in [-0.25, -0.2) is 0 Å². The molecule has 3 rings (SSSR count). The molecule has 0 amide bonds. The lowest BCUT2D eigenvalue weighted by Gasteiger charge is -2.14. The van der Waals surface area contributed by atoms with Crippen LogP contribution in [0.2, 0.25) is 10.0 Å². The highest BCUT2D eigenvalue weighted by Gasteiger charge is 2.15. The normalized spacial score (nSPS) is 14.4. The SMILES string of the molecule is Clc1ccc(-c2cccc3c2OCCNC3)c(Cl)c1. The Morgan fingerprint density at radius 1 is 1.05 bits per heavy atom. The topological polar surface area (TPSA) is 21.3 Å². The number of hydrogen-bond donors (Lipinski definition) is 1. The van der Waals surface area contributed by atoms with Crippen LogP contribution in [0.1, 0.15) is 5.56 Å². The molecular formula is C15H13Cl2NO. The summed E-state index contributed by atoms with van der Waals surface area (Å²) in [5.74, 6) is 0.914. The number of para-hydroxylation sites is 1. The van der Waals surface area contributed by atoms with Gasteiger partial charge in [-0.3, -0.25) is 0 Å². The Morgan fingerprint density at radius 2 is 1.95 bits per heavy atom. The van der Waals surface area contributed by atoms with Crippen LogP contribution in [0.15, 0.2) is 36.4 Å². The zero-order valence-electron chi connectivity index (χ0n) is 10.2. The van der Waals surface area contributed by atoms with Crippen LogP contribution in [0.25, 0.3) is 11.1 Å². The Bertz CT molecular complexity index is 613. The van der Waals surface area contributed by atoms with Crippen LogP contribution in [-0.2, 0) is 6.54 Å². The summed E-state index contributed by atoms with van der Waals surface area (Å²) < 4.78 is 5.87. The maximum Gasteiger partial charge on any atom is 0.131 e. The van der Waals surface area contributed by atoms with Gasteiger partial charge in [-0.2, -0.15) is 0 Å². The number of fused-ring (bicyclic) bond motifs is 1. The predicted molar refractivity (Wildman–Crippen MR) is 79.1 cm³/mol. The Hall–Kier alpha value is -1.22. The summed E-state index contributed by atoms with van der Waals surface area (Å²) in [4.78, 5) is 0. The molecule has 1 aliphatic heterocycles. The summed E-state index contributed by atoms with van der Waals surface area (Å²) in [6, 6.07) is 11.7. The van der Waals surface area contributed by atoms with Crippen molar-refractivity contribution in [2.45, 2.75) is 6.54 Å². The van der Waals surface area contributed by atoms with Crippen LogP contribution < -0.4 is 10.1 Å². The molecule has 1 aliphatic rings. The zero-order valence-corrected chi connectivity index (χ0v) is 11.8. The lowest BCUT2D eigenvalue weighted by molar-refractivity contribution is 0.327. The van der Waals surface area contributed by atoms with Crippen molar-refractivity contribution < 1.29 is 4.74 Å². The third-order valence-electron chi connectivity index (χ3n) is 3.16. The van der Waals surface area contributed by atoms with Gasteiger partial charge in [0.1, 0.15) is 12.4 Å². The van der Waals surface area contributed by atoms with Crippen molar-refractivity contribution in [1.82, 2.24) is 5.32 Å². The first-order chi connectivity index (χ1) is 9.25. The van der Waals surface area contributed by atoms with Gasteiger partial charge in [0.15, 0.2) is 0 Å². The molecule has 19 heavy (non-hydrogen) atoms. The van der Waals surface area contributed by atoms with E-state index in [0.29, 0.717) is 16.7 Å². The second-order valence-corrected chi connectivity index (χ2v) is 5.29. The van der Waals surface area contributed by atoms with Crippen molar-refractivity contribution in [3.05, 3.63) is 52.0 Å². The molecule has 0 spiro atoms. The average molecular weight is 294 g/mol. The number of benzene rings is 2. The molecule has 0 fully saturated rings. The fraction of sp³-hybridized carbons (Fsp3) is 0.200. The minimum absolute atomic E-state index is 0.637. The van der Waals surface area contributed by atoms with Crippen LogP contribution in [0, 0.1) is 0 Å². The minimum Gasteiger partial charge on any atom is -0.491 e. The zero-order chi connectivity index (χ0) is 13.2. The second-order valence-electron chi connectivity index (χ2n) is 4.44. The van der Waals surface area contributed by atoms with Crippen LogP contribution in [-0.4, -0.2) is 13.2 Å². The molecule has 0 unspecified atom stereocenters. The number of nitrogens with one attached hydrogen (secondary N) is 1. The van der Waals surface area contributed by atoms with Crippen molar-refractivity contribution in [1.29, 1.82) is 0 Å². The maximum atomic E-state index is 6.29. The van der Waals surface area contributed by atoms with E-state index in [-0.39, 0.29) is 0 Å². The molecule has 0 aliphatic carbocycles. The molecule has 0 atom stereocenters. The van der Waals surface area contributed by atoms with Crippen molar-refractivity contribution in [2.24, 2.45) is 0 Å². The molecule has 2 aromatic rings. The number of rotatable bonds is 1. The number of hydrogen-bond acceptors (Lipinski definition) is 2.